The molecule has 0 saturated carbocycles. The predicted octanol–water partition coefficient (Wildman–Crippen LogP) is 4.02. The Bertz CT molecular complexity index is 905. The second-order valence-corrected chi connectivity index (χ2v) is 7.66. The summed E-state index contributed by atoms with van der Waals surface area (Å²) in [6.07, 6.45) is 1.94. The molecule has 29 heavy (non-hydrogen) atoms. The van der Waals surface area contributed by atoms with E-state index >= 15 is 0 Å². The van der Waals surface area contributed by atoms with E-state index in [0.717, 1.165) is 24.5 Å². The van der Waals surface area contributed by atoms with Gasteiger partial charge >= 0.3 is 0 Å². The van der Waals surface area contributed by atoms with Gasteiger partial charge in [0.1, 0.15) is 11.6 Å². The molecule has 2 aromatic carbocycles. The molecule has 1 amide bonds. The van der Waals surface area contributed by atoms with Gasteiger partial charge in [-0.25, -0.2) is 8.78 Å². The molecule has 0 radical (unpaired) electrons. The van der Waals surface area contributed by atoms with Gasteiger partial charge < -0.3 is 19.7 Å². The number of fused-ring (bicyclic) bond motifs is 1. The summed E-state index contributed by atoms with van der Waals surface area (Å²) in [5, 5.41) is 3.94. The number of hydrogen-bond donors (Lipinski definition) is 1. The molecule has 1 atom stereocenters. The highest BCUT2D eigenvalue weighted by atomic mass is 35.5. The molecule has 2 aromatic rings. The first-order valence-corrected chi connectivity index (χ1v) is 9.90. The van der Waals surface area contributed by atoms with Crippen LogP contribution >= 0.6 is 11.6 Å². The number of benzene rings is 2. The fourth-order valence-corrected chi connectivity index (χ4v) is 4.02. The van der Waals surface area contributed by atoms with Crippen LogP contribution in [-0.2, 0) is 17.9 Å². The normalized spacial score (nSPS) is 18.0. The molecule has 5 nitrogen and oxygen atoms in total. The molecule has 0 aromatic heterocycles. The van der Waals surface area contributed by atoms with Crippen molar-refractivity contribution in [3.63, 3.8) is 0 Å². The molecule has 0 bridgehead atoms. The van der Waals surface area contributed by atoms with E-state index in [1.165, 1.54) is 12.1 Å². The van der Waals surface area contributed by atoms with Crippen LogP contribution < -0.4 is 14.8 Å². The van der Waals surface area contributed by atoms with Crippen LogP contribution in [0.1, 0.15) is 30.4 Å². The highest BCUT2D eigenvalue weighted by molar-refractivity contribution is 6.31. The van der Waals surface area contributed by atoms with Gasteiger partial charge in [0.25, 0.3) is 0 Å². The minimum Gasteiger partial charge on any atom is -0.454 e. The number of nitrogens with one attached hydrogen (secondary N) is 1. The number of likely N-dealkylation sites (tertiary alicyclic amines) is 1. The van der Waals surface area contributed by atoms with Crippen molar-refractivity contribution in [1.82, 2.24) is 10.2 Å². The second kappa shape index (κ2) is 8.55. The molecular formula is C21H21ClF2N2O3. The van der Waals surface area contributed by atoms with Crippen molar-refractivity contribution in [2.45, 2.75) is 38.4 Å². The van der Waals surface area contributed by atoms with Crippen molar-refractivity contribution in [2.75, 3.05) is 13.3 Å². The maximum Gasteiger partial charge on any atom is 0.231 e. The first-order chi connectivity index (χ1) is 14.0. The Morgan fingerprint density at radius 1 is 1.10 bits per heavy atom. The molecule has 2 aliphatic heterocycles. The average Bonchev–Trinajstić information content (AvgIpc) is 3.25. The van der Waals surface area contributed by atoms with Gasteiger partial charge in [0.05, 0.1) is 0 Å². The lowest BCUT2D eigenvalue weighted by Gasteiger charge is -2.25. The Labute approximate surface area is 172 Å². The molecule has 2 heterocycles. The third-order valence-corrected chi connectivity index (χ3v) is 5.59. The topological polar surface area (TPSA) is 50.8 Å². The lowest BCUT2D eigenvalue weighted by Crippen LogP contribution is -2.34. The third-order valence-electron chi connectivity index (χ3n) is 5.24. The van der Waals surface area contributed by atoms with E-state index in [0.29, 0.717) is 41.6 Å². The summed E-state index contributed by atoms with van der Waals surface area (Å²) >= 11 is 6.28. The summed E-state index contributed by atoms with van der Waals surface area (Å²) < 4.78 is 37.6. The smallest absolute Gasteiger partial charge is 0.231 e. The molecule has 154 valence electrons. The van der Waals surface area contributed by atoms with Gasteiger partial charge in [-0.2, -0.15) is 0 Å². The van der Waals surface area contributed by atoms with E-state index in [1.54, 1.807) is 11.0 Å². The lowest BCUT2D eigenvalue weighted by molar-refractivity contribution is -0.129. The monoisotopic (exact) mass is 422 g/mol. The van der Waals surface area contributed by atoms with E-state index < -0.39 is 11.6 Å². The van der Waals surface area contributed by atoms with Gasteiger partial charge in [-0.3, -0.25) is 4.79 Å². The first kappa shape index (κ1) is 19.9. The molecule has 1 N–H and O–H groups in total. The highest BCUT2D eigenvalue weighted by Crippen LogP contribution is 2.36. The average molecular weight is 423 g/mol. The fraction of sp³-hybridized carbons (Fsp3) is 0.381. The second-order valence-electron chi connectivity index (χ2n) is 7.25. The number of carbonyl (C=O) groups is 1. The summed E-state index contributed by atoms with van der Waals surface area (Å²) in [6.45, 7) is 1.65. The van der Waals surface area contributed by atoms with Crippen LogP contribution in [0.25, 0.3) is 0 Å². The van der Waals surface area contributed by atoms with Gasteiger partial charge in [0.15, 0.2) is 11.5 Å². The molecular weight excluding hydrogens is 402 g/mol. The van der Waals surface area contributed by atoms with Crippen molar-refractivity contribution >= 4 is 17.5 Å². The maximum absolute atomic E-state index is 13.4. The van der Waals surface area contributed by atoms with Crippen LogP contribution in [0.3, 0.4) is 0 Å². The van der Waals surface area contributed by atoms with Gasteiger partial charge in [-0.1, -0.05) is 11.6 Å². The quantitative estimate of drug-likeness (QED) is 0.685. The highest BCUT2D eigenvalue weighted by Gasteiger charge is 2.30. The fourth-order valence-electron chi connectivity index (χ4n) is 3.80. The van der Waals surface area contributed by atoms with Crippen LogP contribution in [-0.4, -0.2) is 30.2 Å². The van der Waals surface area contributed by atoms with E-state index in [2.05, 4.69) is 5.32 Å². The summed E-state index contributed by atoms with van der Waals surface area (Å²) in [5.74, 6) is 0.0724. The number of ether oxygens (including phenoxy) is 2. The molecule has 2 aliphatic rings. The number of nitrogens with zero attached hydrogens (tertiary/aromatic N) is 1. The molecule has 1 saturated heterocycles. The van der Waals surface area contributed by atoms with E-state index in [1.807, 2.05) is 6.07 Å². The van der Waals surface area contributed by atoms with Crippen molar-refractivity contribution in [3.05, 3.63) is 58.1 Å². The molecule has 4 rings (SSSR count). The van der Waals surface area contributed by atoms with E-state index in [4.69, 9.17) is 21.1 Å². The zero-order valence-corrected chi connectivity index (χ0v) is 16.5. The van der Waals surface area contributed by atoms with Crippen molar-refractivity contribution < 1.29 is 23.0 Å². The zero-order chi connectivity index (χ0) is 20.4. The minimum atomic E-state index is -0.634. The summed E-state index contributed by atoms with van der Waals surface area (Å²) in [5.41, 5.74) is 1.37. The van der Waals surface area contributed by atoms with Crippen LogP contribution in [0.2, 0.25) is 5.02 Å². The van der Waals surface area contributed by atoms with Gasteiger partial charge in [-0.15, -0.1) is 0 Å². The third kappa shape index (κ3) is 4.62. The molecule has 8 heteroatoms. The van der Waals surface area contributed by atoms with Gasteiger partial charge in [0, 0.05) is 42.7 Å². The van der Waals surface area contributed by atoms with Crippen molar-refractivity contribution in [3.8, 4) is 11.5 Å². The zero-order valence-electron chi connectivity index (χ0n) is 15.7. The molecule has 1 fully saturated rings. The number of amides is 1. The molecule has 0 aliphatic carbocycles. The maximum atomic E-state index is 13.4. The number of halogens is 3. The van der Waals surface area contributed by atoms with E-state index in [-0.39, 0.29) is 25.3 Å². The Balaban J connectivity index is 1.31. The summed E-state index contributed by atoms with van der Waals surface area (Å²) in [6, 6.07) is 7.02. The van der Waals surface area contributed by atoms with Gasteiger partial charge in [0.2, 0.25) is 12.7 Å². The Morgan fingerprint density at radius 3 is 2.59 bits per heavy atom. The Kier molecular flexibility index (Phi) is 5.87. The Morgan fingerprint density at radius 2 is 1.83 bits per heavy atom. The SMILES string of the molecule is O=C1CCC(CCNCc2cc3c(cc2Cl)OCO3)N1Cc1cc(F)cc(F)c1. The number of carbonyl (C=O) groups excluding carboxylic acids is 1. The molecule has 0 spiro atoms. The largest absolute Gasteiger partial charge is 0.454 e. The first-order valence-electron chi connectivity index (χ1n) is 9.53. The number of rotatable bonds is 7. The minimum absolute atomic E-state index is 0.0125. The number of hydrogen-bond acceptors (Lipinski definition) is 4. The van der Waals surface area contributed by atoms with Crippen LogP contribution in [0.4, 0.5) is 8.78 Å². The predicted molar refractivity (Wildman–Crippen MR) is 104 cm³/mol. The Hall–Kier alpha value is -2.38. The molecule has 1 unspecified atom stereocenters. The van der Waals surface area contributed by atoms with Crippen LogP contribution in [0.15, 0.2) is 30.3 Å². The standard InChI is InChI=1S/C21H21ClF2N2O3/c22-18-9-20-19(28-12-29-20)7-14(18)10-25-4-3-17-1-2-21(27)26(17)11-13-5-15(23)8-16(24)6-13/h5-9,17,25H,1-4,10-12H2. The van der Waals surface area contributed by atoms with Crippen LogP contribution in [0.5, 0.6) is 11.5 Å². The van der Waals surface area contributed by atoms with Crippen molar-refractivity contribution in [1.29, 1.82) is 0 Å². The lowest BCUT2D eigenvalue weighted by atomic mass is 10.1. The van der Waals surface area contributed by atoms with E-state index in [9.17, 15) is 13.6 Å². The van der Waals surface area contributed by atoms with Gasteiger partial charge in [-0.05, 0) is 48.7 Å². The van der Waals surface area contributed by atoms with Crippen LogP contribution in [0, 0.1) is 11.6 Å². The summed E-state index contributed by atoms with van der Waals surface area (Å²) in [4.78, 5) is 14.0. The summed E-state index contributed by atoms with van der Waals surface area (Å²) in [7, 11) is 0. The van der Waals surface area contributed by atoms with Crippen molar-refractivity contribution in [2.24, 2.45) is 0 Å².